The quantitative estimate of drug-likeness (QED) is 0.319. The molecular formula is C18H22Br2Cl2F4N6. The third kappa shape index (κ3) is 11.4. The number of hydrogen-bond acceptors (Lipinski definition) is 6. The maximum atomic E-state index is 12.9. The van der Waals surface area contributed by atoms with E-state index in [1.165, 1.54) is 0 Å². The van der Waals surface area contributed by atoms with Gasteiger partial charge in [0.15, 0.2) is 0 Å². The van der Waals surface area contributed by atoms with Gasteiger partial charge in [-0.3, -0.25) is 0 Å². The Morgan fingerprint density at radius 3 is 1.56 bits per heavy atom. The average molecular weight is 629 g/mol. The number of nitrogens with one attached hydrogen (secondary N) is 1. The third-order valence-electron chi connectivity index (χ3n) is 4.31. The third-order valence-corrected chi connectivity index (χ3v) is 5.32. The number of halogens is 8. The molecule has 2 aliphatic heterocycles. The molecule has 6 nitrogen and oxygen atoms in total. The molecule has 2 aromatic heterocycles. The maximum Gasteiger partial charge on any atom is 0.251 e. The summed E-state index contributed by atoms with van der Waals surface area (Å²) in [7, 11) is 0. The van der Waals surface area contributed by atoms with Gasteiger partial charge < -0.3 is 10.2 Å². The minimum atomic E-state index is -2.52. The molecule has 0 radical (unpaired) electrons. The lowest BCUT2D eigenvalue weighted by molar-refractivity contribution is -0.0274. The molecule has 0 amide bonds. The van der Waals surface area contributed by atoms with E-state index in [4.69, 9.17) is 11.6 Å². The molecule has 32 heavy (non-hydrogen) atoms. The maximum absolute atomic E-state index is 12.9. The number of piperidine rings is 2. The van der Waals surface area contributed by atoms with Crippen molar-refractivity contribution in [3.05, 3.63) is 39.0 Å². The Morgan fingerprint density at radius 2 is 1.19 bits per heavy atom. The summed E-state index contributed by atoms with van der Waals surface area (Å²) >= 11 is 11.8. The SMILES string of the molecule is Cl.Clc1ncc(Br)cn1.FC1(F)CCN(c2ncc(Br)cn2)CC1.FC1(F)CCNCC1. The van der Waals surface area contributed by atoms with Crippen LogP contribution in [0.4, 0.5) is 23.5 Å². The smallest absolute Gasteiger partial charge is 0.251 e. The fourth-order valence-electron chi connectivity index (χ4n) is 2.59. The van der Waals surface area contributed by atoms with E-state index in [1.807, 2.05) is 0 Å². The van der Waals surface area contributed by atoms with Gasteiger partial charge in [-0.1, -0.05) is 0 Å². The molecule has 0 bridgehead atoms. The number of hydrogen-bond donors (Lipinski definition) is 1. The number of rotatable bonds is 1. The van der Waals surface area contributed by atoms with Crippen molar-refractivity contribution in [1.29, 1.82) is 0 Å². The summed E-state index contributed by atoms with van der Waals surface area (Å²) in [6.07, 6.45) is 6.20. The summed E-state index contributed by atoms with van der Waals surface area (Å²) in [5.41, 5.74) is 0. The van der Waals surface area contributed by atoms with Crippen LogP contribution in [0.2, 0.25) is 5.28 Å². The molecule has 2 aromatic rings. The first kappa shape index (κ1) is 29.2. The lowest BCUT2D eigenvalue weighted by atomic mass is 10.1. The van der Waals surface area contributed by atoms with Crippen molar-refractivity contribution < 1.29 is 17.6 Å². The van der Waals surface area contributed by atoms with E-state index in [-0.39, 0.29) is 43.4 Å². The Kier molecular flexibility index (Phi) is 12.6. The van der Waals surface area contributed by atoms with E-state index in [9.17, 15) is 17.6 Å². The van der Waals surface area contributed by atoms with Crippen LogP contribution < -0.4 is 10.2 Å². The molecule has 180 valence electrons. The second-order valence-electron chi connectivity index (χ2n) is 6.82. The topological polar surface area (TPSA) is 66.8 Å². The van der Waals surface area contributed by atoms with Gasteiger partial charge in [0, 0.05) is 76.6 Å². The molecule has 0 aromatic carbocycles. The lowest BCUT2D eigenvalue weighted by Gasteiger charge is -2.31. The van der Waals surface area contributed by atoms with Crippen LogP contribution in [0.5, 0.6) is 0 Å². The van der Waals surface area contributed by atoms with E-state index < -0.39 is 11.8 Å². The molecule has 4 heterocycles. The highest BCUT2D eigenvalue weighted by Gasteiger charge is 2.34. The van der Waals surface area contributed by atoms with E-state index in [1.54, 1.807) is 29.7 Å². The molecule has 2 aliphatic rings. The fourth-order valence-corrected chi connectivity index (χ4v) is 3.10. The number of nitrogens with zero attached hydrogens (tertiary/aromatic N) is 5. The van der Waals surface area contributed by atoms with Crippen molar-refractivity contribution in [2.24, 2.45) is 0 Å². The van der Waals surface area contributed by atoms with Gasteiger partial charge >= 0.3 is 0 Å². The van der Waals surface area contributed by atoms with Gasteiger partial charge in [-0.05, 0) is 43.5 Å². The van der Waals surface area contributed by atoms with Crippen LogP contribution in [0.15, 0.2) is 33.7 Å². The Balaban J connectivity index is 0.000000257. The lowest BCUT2D eigenvalue weighted by Crippen LogP contribution is -2.40. The fraction of sp³-hybridized carbons (Fsp3) is 0.556. The molecule has 0 aliphatic carbocycles. The summed E-state index contributed by atoms with van der Waals surface area (Å²) < 4.78 is 51.7. The summed E-state index contributed by atoms with van der Waals surface area (Å²) in [5.74, 6) is -4.38. The highest BCUT2D eigenvalue weighted by molar-refractivity contribution is 9.10. The van der Waals surface area contributed by atoms with Crippen molar-refractivity contribution in [1.82, 2.24) is 25.3 Å². The predicted octanol–water partition coefficient (Wildman–Crippen LogP) is 5.79. The first-order chi connectivity index (χ1) is 14.6. The van der Waals surface area contributed by atoms with Crippen molar-refractivity contribution in [3.8, 4) is 0 Å². The molecule has 0 unspecified atom stereocenters. The largest absolute Gasteiger partial charge is 0.340 e. The van der Waals surface area contributed by atoms with Crippen molar-refractivity contribution in [3.63, 3.8) is 0 Å². The normalized spacial score (nSPS) is 18.8. The molecular weight excluding hydrogens is 607 g/mol. The molecule has 2 saturated heterocycles. The van der Waals surface area contributed by atoms with Crippen LogP contribution in [0.25, 0.3) is 0 Å². The molecule has 0 saturated carbocycles. The summed E-state index contributed by atoms with van der Waals surface area (Å²) in [5, 5.41) is 3.13. The van der Waals surface area contributed by atoms with Crippen LogP contribution in [-0.4, -0.2) is 58.0 Å². The van der Waals surface area contributed by atoms with Gasteiger partial charge in [0.2, 0.25) is 11.2 Å². The molecule has 4 rings (SSSR count). The Morgan fingerprint density at radius 1 is 0.781 bits per heavy atom. The number of anilines is 1. The van der Waals surface area contributed by atoms with Crippen LogP contribution in [0.3, 0.4) is 0 Å². The highest BCUT2D eigenvalue weighted by atomic mass is 79.9. The van der Waals surface area contributed by atoms with Gasteiger partial charge in [0.1, 0.15) is 0 Å². The van der Waals surface area contributed by atoms with Crippen LogP contribution >= 0.6 is 55.9 Å². The second-order valence-corrected chi connectivity index (χ2v) is 8.99. The first-order valence-electron chi connectivity index (χ1n) is 9.38. The highest BCUT2D eigenvalue weighted by Crippen LogP contribution is 2.29. The van der Waals surface area contributed by atoms with E-state index in [0.717, 1.165) is 8.95 Å². The average Bonchev–Trinajstić information content (AvgIpc) is 2.72. The minimum absolute atomic E-state index is 0. The number of aromatic nitrogens is 4. The zero-order valence-corrected chi connectivity index (χ0v) is 21.5. The molecule has 14 heteroatoms. The summed E-state index contributed by atoms with van der Waals surface area (Å²) in [6, 6.07) is 0. The van der Waals surface area contributed by atoms with Gasteiger partial charge in [-0.25, -0.2) is 37.5 Å². The first-order valence-corrected chi connectivity index (χ1v) is 11.3. The molecule has 2 fully saturated rings. The van der Waals surface area contributed by atoms with E-state index >= 15 is 0 Å². The Hall–Kier alpha value is -0.820. The van der Waals surface area contributed by atoms with Crippen molar-refractivity contribution in [2.75, 3.05) is 31.1 Å². The second kappa shape index (κ2) is 13.8. The molecule has 1 N–H and O–H groups in total. The van der Waals surface area contributed by atoms with Gasteiger partial charge in [0.25, 0.3) is 11.8 Å². The minimum Gasteiger partial charge on any atom is -0.340 e. The van der Waals surface area contributed by atoms with Gasteiger partial charge in [-0.15, -0.1) is 12.4 Å². The van der Waals surface area contributed by atoms with E-state index in [2.05, 4.69) is 57.1 Å². The summed E-state index contributed by atoms with van der Waals surface area (Å²) in [4.78, 5) is 17.3. The van der Waals surface area contributed by atoms with E-state index in [0.29, 0.717) is 32.1 Å². The predicted molar refractivity (Wildman–Crippen MR) is 125 cm³/mol. The van der Waals surface area contributed by atoms with Gasteiger partial charge in [-0.2, -0.15) is 0 Å². The van der Waals surface area contributed by atoms with Crippen LogP contribution in [0.1, 0.15) is 25.7 Å². The summed E-state index contributed by atoms with van der Waals surface area (Å²) in [6.45, 7) is 1.56. The molecule has 0 spiro atoms. The molecule has 0 atom stereocenters. The van der Waals surface area contributed by atoms with Crippen LogP contribution in [0, 0.1) is 0 Å². The standard InChI is InChI=1S/C9H10BrF2N3.C5H9F2N.C4H2BrClN2.ClH/c10-7-5-13-8(14-6-7)15-3-1-9(11,12)2-4-15;6-5(7)1-3-8-4-2-5;5-3-1-7-4(6)8-2-3;/h5-6H,1-4H2;8H,1-4H2;1-2H;1H. The Bertz CT molecular complexity index is 764. The van der Waals surface area contributed by atoms with Crippen molar-refractivity contribution in [2.45, 2.75) is 37.5 Å². The Labute approximate surface area is 211 Å². The van der Waals surface area contributed by atoms with Crippen LogP contribution in [-0.2, 0) is 0 Å². The zero-order chi connectivity index (χ0) is 22.9. The number of alkyl halides is 4. The van der Waals surface area contributed by atoms with Gasteiger partial charge in [0.05, 0.1) is 8.95 Å². The zero-order valence-electron chi connectivity index (χ0n) is 16.8. The van der Waals surface area contributed by atoms with Crippen molar-refractivity contribution >= 4 is 61.8 Å². The monoisotopic (exact) mass is 626 g/mol.